The Morgan fingerprint density at radius 3 is 2.05 bits per heavy atom. The predicted molar refractivity (Wildman–Crippen MR) is 86.4 cm³/mol. The fourth-order valence-corrected chi connectivity index (χ4v) is 2.16. The van der Waals surface area contributed by atoms with E-state index in [1.165, 1.54) is 5.56 Å². The monoisotopic (exact) mass is 302 g/mol. The van der Waals surface area contributed by atoms with Crippen molar-refractivity contribution in [1.82, 2.24) is 0 Å². The molecule has 0 amide bonds. The molecule has 2 aromatic rings. The van der Waals surface area contributed by atoms with Gasteiger partial charge in [-0.15, -0.1) is 0 Å². The van der Waals surface area contributed by atoms with E-state index in [0.29, 0.717) is 22.3 Å². The molecule has 0 saturated carbocycles. The van der Waals surface area contributed by atoms with E-state index < -0.39 is 6.10 Å². The molecule has 0 aromatic heterocycles. The average molecular weight is 303 g/mol. The molecule has 0 fully saturated rings. The number of ether oxygens (including phenoxy) is 1. The Morgan fingerprint density at radius 2 is 1.52 bits per heavy atom. The van der Waals surface area contributed by atoms with Gasteiger partial charge in [0.1, 0.15) is 5.75 Å². The Morgan fingerprint density at radius 1 is 0.952 bits per heavy atom. The third kappa shape index (κ3) is 4.08. The Labute approximate surface area is 130 Å². The van der Waals surface area contributed by atoms with Crippen molar-refractivity contribution in [2.45, 2.75) is 32.8 Å². The minimum Gasteiger partial charge on any atom is -0.483 e. The fourth-order valence-electron chi connectivity index (χ4n) is 2.04. The molecule has 2 rings (SSSR count). The maximum absolute atomic E-state index is 12.3. The van der Waals surface area contributed by atoms with Crippen LogP contribution < -0.4 is 4.74 Å². The first-order chi connectivity index (χ1) is 9.97. The highest BCUT2D eigenvalue weighted by Crippen LogP contribution is 2.20. The second-order valence-corrected chi connectivity index (χ2v) is 5.79. The number of Topliss-reactive ketones (excluding diaryl/α,β-unsaturated/α-hetero) is 1. The average Bonchev–Trinajstić information content (AvgIpc) is 2.47. The molecule has 2 aromatic carbocycles. The molecule has 0 radical (unpaired) electrons. The van der Waals surface area contributed by atoms with E-state index in [9.17, 15) is 4.79 Å². The molecule has 0 saturated heterocycles. The third-order valence-electron chi connectivity index (χ3n) is 3.36. The number of carbonyl (C=O) groups is 1. The van der Waals surface area contributed by atoms with Crippen LogP contribution in [-0.4, -0.2) is 11.9 Å². The smallest absolute Gasteiger partial charge is 0.202 e. The van der Waals surface area contributed by atoms with E-state index in [0.717, 1.165) is 0 Å². The predicted octanol–water partition coefficient (Wildman–Crippen LogP) is 5.11. The first-order valence-corrected chi connectivity index (χ1v) is 7.41. The van der Waals surface area contributed by atoms with Crippen LogP contribution in [0.25, 0.3) is 0 Å². The van der Waals surface area contributed by atoms with Crippen LogP contribution in [0.3, 0.4) is 0 Å². The number of hydrogen-bond acceptors (Lipinski definition) is 2. The van der Waals surface area contributed by atoms with Crippen molar-refractivity contribution in [1.29, 1.82) is 0 Å². The number of carbonyl (C=O) groups excluding carboxylic acids is 1. The minimum absolute atomic E-state index is 0.0559. The summed E-state index contributed by atoms with van der Waals surface area (Å²) in [6, 6.07) is 14.7. The molecule has 0 bridgehead atoms. The van der Waals surface area contributed by atoms with Crippen LogP contribution >= 0.6 is 11.6 Å². The normalized spacial score (nSPS) is 12.2. The molecule has 0 spiro atoms. The quantitative estimate of drug-likeness (QED) is 0.717. The number of benzene rings is 2. The number of rotatable bonds is 5. The van der Waals surface area contributed by atoms with Gasteiger partial charge in [0, 0.05) is 10.6 Å². The van der Waals surface area contributed by atoms with Crippen molar-refractivity contribution in [3.05, 3.63) is 64.7 Å². The topological polar surface area (TPSA) is 26.3 Å². The molecule has 3 heteroatoms. The van der Waals surface area contributed by atoms with E-state index in [-0.39, 0.29) is 5.78 Å². The lowest BCUT2D eigenvalue weighted by molar-refractivity contribution is 0.0818. The summed E-state index contributed by atoms with van der Waals surface area (Å²) >= 11 is 5.82. The number of halogens is 1. The molecule has 21 heavy (non-hydrogen) atoms. The Kier molecular flexibility index (Phi) is 5.03. The van der Waals surface area contributed by atoms with Gasteiger partial charge in [0.05, 0.1) is 0 Å². The molecular weight excluding hydrogens is 284 g/mol. The highest BCUT2D eigenvalue weighted by molar-refractivity contribution is 6.30. The Bertz CT molecular complexity index is 600. The molecule has 0 aliphatic rings. The molecule has 0 aliphatic heterocycles. The molecule has 1 atom stereocenters. The van der Waals surface area contributed by atoms with E-state index in [1.54, 1.807) is 31.2 Å². The maximum Gasteiger partial charge on any atom is 0.202 e. The standard InChI is InChI=1S/C18H19ClO2/c1-12(2)14-6-10-17(11-7-14)21-13(3)18(20)15-4-8-16(19)9-5-15/h4-13H,1-3H3. The van der Waals surface area contributed by atoms with Crippen LogP contribution in [0, 0.1) is 0 Å². The number of ketones is 1. The van der Waals surface area contributed by atoms with Gasteiger partial charge in [0.2, 0.25) is 5.78 Å². The summed E-state index contributed by atoms with van der Waals surface area (Å²) in [4.78, 5) is 12.3. The van der Waals surface area contributed by atoms with Crippen molar-refractivity contribution < 1.29 is 9.53 Å². The highest BCUT2D eigenvalue weighted by Gasteiger charge is 2.16. The van der Waals surface area contributed by atoms with Gasteiger partial charge in [-0.1, -0.05) is 37.6 Å². The highest BCUT2D eigenvalue weighted by atomic mass is 35.5. The lowest BCUT2D eigenvalue weighted by Gasteiger charge is -2.14. The SMILES string of the molecule is CC(Oc1ccc(C(C)C)cc1)C(=O)c1ccc(Cl)cc1. The van der Waals surface area contributed by atoms with Crippen molar-refractivity contribution in [2.24, 2.45) is 0 Å². The van der Waals surface area contributed by atoms with Crippen LogP contribution in [-0.2, 0) is 0 Å². The molecule has 1 unspecified atom stereocenters. The van der Waals surface area contributed by atoms with Crippen LogP contribution in [0.15, 0.2) is 48.5 Å². The summed E-state index contributed by atoms with van der Waals surface area (Å²) < 4.78 is 5.71. The summed E-state index contributed by atoms with van der Waals surface area (Å²) in [5, 5.41) is 0.615. The van der Waals surface area contributed by atoms with Gasteiger partial charge in [-0.3, -0.25) is 4.79 Å². The van der Waals surface area contributed by atoms with E-state index >= 15 is 0 Å². The van der Waals surface area contributed by atoms with Gasteiger partial charge in [0.15, 0.2) is 6.10 Å². The molecule has 110 valence electrons. The lowest BCUT2D eigenvalue weighted by Crippen LogP contribution is -2.23. The zero-order chi connectivity index (χ0) is 15.4. The summed E-state index contributed by atoms with van der Waals surface area (Å²) in [5.41, 5.74) is 1.85. The zero-order valence-electron chi connectivity index (χ0n) is 12.5. The van der Waals surface area contributed by atoms with Gasteiger partial charge >= 0.3 is 0 Å². The van der Waals surface area contributed by atoms with Crippen LogP contribution in [0.4, 0.5) is 0 Å². The molecule has 2 nitrogen and oxygen atoms in total. The fraction of sp³-hybridized carbons (Fsp3) is 0.278. The van der Waals surface area contributed by atoms with Gasteiger partial charge in [-0.05, 0) is 54.8 Å². The third-order valence-corrected chi connectivity index (χ3v) is 3.61. The van der Waals surface area contributed by atoms with E-state index in [4.69, 9.17) is 16.3 Å². The van der Waals surface area contributed by atoms with Crippen LogP contribution in [0.1, 0.15) is 42.6 Å². The zero-order valence-corrected chi connectivity index (χ0v) is 13.2. The van der Waals surface area contributed by atoms with Crippen molar-refractivity contribution in [2.75, 3.05) is 0 Å². The van der Waals surface area contributed by atoms with Crippen molar-refractivity contribution in [3.8, 4) is 5.75 Å². The van der Waals surface area contributed by atoms with Crippen LogP contribution in [0.2, 0.25) is 5.02 Å². The summed E-state index contributed by atoms with van der Waals surface area (Å²) in [7, 11) is 0. The second-order valence-electron chi connectivity index (χ2n) is 5.35. The molecule has 0 aliphatic carbocycles. The summed E-state index contributed by atoms with van der Waals surface area (Å²) in [6.07, 6.45) is -0.531. The first-order valence-electron chi connectivity index (χ1n) is 7.04. The lowest BCUT2D eigenvalue weighted by atomic mass is 10.0. The Hall–Kier alpha value is -1.80. The minimum atomic E-state index is -0.531. The largest absolute Gasteiger partial charge is 0.483 e. The van der Waals surface area contributed by atoms with Gasteiger partial charge in [-0.25, -0.2) is 0 Å². The van der Waals surface area contributed by atoms with Gasteiger partial charge < -0.3 is 4.74 Å². The van der Waals surface area contributed by atoms with Crippen molar-refractivity contribution >= 4 is 17.4 Å². The maximum atomic E-state index is 12.3. The van der Waals surface area contributed by atoms with E-state index in [1.807, 2.05) is 24.3 Å². The van der Waals surface area contributed by atoms with Crippen LogP contribution in [0.5, 0.6) is 5.75 Å². The Balaban J connectivity index is 2.05. The molecule has 0 N–H and O–H groups in total. The van der Waals surface area contributed by atoms with Gasteiger partial charge in [-0.2, -0.15) is 0 Å². The van der Waals surface area contributed by atoms with Gasteiger partial charge in [0.25, 0.3) is 0 Å². The second kappa shape index (κ2) is 6.77. The number of hydrogen-bond donors (Lipinski definition) is 0. The first kappa shape index (κ1) is 15.6. The summed E-state index contributed by atoms with van der Waals surface area (Å²) in [5.74, 6) is 1.13. The molecular formula is C18H19ClO2. The van der Waals surface area contributed by atoms with Crippen molar-refractivity contribution in [3.63, 3.8) is 0 Å². The van der Waals surface area contributed by atoms with E-state index in [2.05, 4.69) is 13.8 Å². The molecule has 0 heterocycles. The summed E-state index contributed by atoms with van der Waals surface area (Å²) in [6.45, 7) is 6.04.